The van der Waals surface area contributed by atoms with Gasteiger partial charge < -0.3 is 80.3 Å². The number of carbonyl (C=O) groups is 13. The van der Waals surface area contributed by atoms with Gasteiger partial charge in [0.2, 0.25) is 22.2 Å². The van der Waals surface area contributed by atoms with Crippen molar-refractivity contribution < 1.29 is 86.0 Å². The summed E-state index contributed by atoms with van der Waals surface area (Å²) < 4.78 is 25.8. The Balaban J connectivity index is 0.000000120. The molecule has 11 aromatic rings. The number of fused-ring (bicyclic) bond motifs is 8. The van der Waals surface area contributed by atoms with Crippen molar-refractivity contribution in [3.05, 3.63) is 242 Å². The minimum absolute atomic E-state index is 0.0845. The van der Waals surface area contributed by atoms with E-state index in [-0.39, 0.29) is 74.9 Å². The number of cyclic esters (lactones) is 1. The van der Waals surface area contributed by atoms with Crippen LogP contribution in [0.5, 0.6) is 23.0 Å². The second-order valence-electron chi connectivity index (χ2n) is 30.6. The molecular formula is C91H71N19O18. The number of nitrogens with one attached hydrogen (secondary N) is 10. The fourth-order valence-corrected chi connectivity index (χ4v) is 15.7. The molecular weight excluding hydrogens is 1650 g/mol. The van der Waals surface area contributed by atoms with Crippen LogP contribution in [0.15, 0.2) is 158 Å². The van der Waals surface area contributed by atoms with Gasteiger partial charge in [-0.05, 0) is 151 Å². The van der Waals surface area contributed by atoms with Crippen LogP contribution in [-0.2, 0) is 56.7 Å². The molecule has 9 aliphatic heterocycles. The molecule has 638 valence electrons. The average Bonchev–Trinajstić information content (AvgIpc) is 1.63. The number of hydrogen-bond acceptors (Lipinski definition) is 23. The number of imidazole rings is 2. The quantitative estimate of drug-likeness (QED) is 0.0459. The molecule has 37 heteroatoms. The van der Waals surface area contributed by atoms with Crippen LogP contribution in [0.25, 0.3) is 33.1 Å². The first-order chi connectivity index (χ1) is 61.6. The zero-order chi connectivity index (χ0) is 89.7. The highest BCUT2D eigenvalue weighted by atomic mass is 16.5. The Morgan fingerprint density at radius 2 is 0.695 bits per heavy atom. The second kappa shape index (κ2) is 33.0. The van der Waals surface area contributed by atoms with Crippen LogP contribution in [0, 0.1) is 54.3 Å². The van der Waals surface area contributed by atoms with Crippen molar-refractivity contribution in [2.45, 2.75) is 61.9 Å². The molecule has 128 heavy (non-hydrogen) atoms. The van der Waals surface area contributed by atoms with Crippen molar-refractivity contribution >= 4 is 116 Å². The lowest BCUT2D eigenvalue weighted by atomic mass is 9.98. The number of H-pyrrole nitrogens is 2. The van der Waals surface area contributed by atoms with Crippen LogP contribution < -0.4 is 67.2 Å². The van der Waals surface area contributed by atoms with Crippen LogP contribution in [0.4, 0.5) is 25.1 Å². The molecule has 0 spiro atoms. The number of aromatic amines is 2. The number of aryl methyl sites for hydroxylation is 1. The third-order valence-corrected chi connectivity index (χ3v) is 22.2. The summed E-state index contributed by atoms with van der Waals surface area (Å²) in [4.78, 5) is 191. The van der Waals surface area contributed by atoms with Gasteiger partial charge in [0, 0.05) is 88.6 Å². The number of nitrogens with zero attached hydrogens (tertiary/aromatic N) is 8. The van der Waals surface area contributed by atoms with Crippen molar-refractivity contribution in [3.8, 4) is 70.4 Å². The Morgan fingerprint density at radius 3 is 1.05 bits per heavy atom. The molecule has 4 fully saturated rings. The van der Waals surface area contributed by atoms with E-state index in [0.29, 0.717) is 115 Å². The lowest BCUT2D eigenvalue weighted by Gasteiger charge is -2.26. The number of methoxy groups -OCH3 is 4. The number of nitrogen functional groups attached to an aromatic ring is 1. The van der Waals surface area contributed by atoms with Crippen LogP contribution in [0.3, 0.4) is 0 Å². The van der Waals surface area contributed by atoms with Crippen LogP contribution in [0.1, 0.15) is 108 Å². The average molecular weight is 1720 g/mol. The first kappa shape index (κ1) is 82.7. The van der Waals surface area contributed by atoms with E-state index in [4.69, 9.17) is 29.4 Å². The monoisotopic (exact) mass is 1720 g/mol. The van der Waals surface area contributed by atoms with Crippen LogP contribution in [-0.4, -0.2) is 204 Å². The number of esters is 1. The molecule has 8 aromatic carbocycles. The number of ether oxygens (including phenoxy) is 5. The van der Waals surface area contributed by atoms with E-state index in [1.807, 2.05) is 37.3 Å². The first-order valence-electron chi connectivity index (χ1n) is 39.3. The highest BCUT2D eigenvalue weighted by Crippen LogP contribution is 2.35. The number of urea groups is 4. The predicted molar refractivity (Wildman–Crippen MR) is 453 cm³/mol. The molecule has 0 unspecified atom stereocenters. The maximum Gasteiger partial charge on any atom is 0.338 e. The van der Waals surface area contributed by atoms with E-state index in [9.17, 15) is 62.3 Å². The van der Waals surface area contributed by atoms with Crippen LogP contribution >= 0.6 is 0 Å². The molecule has 12 N–H and O–H groups in total. The summed E-state index contributed by atoms with van der Waals surface area (Å²) in [7, 11) is 6.10. The minimum Gasteiger partial charge on any atom is -0.497 e. The Bertz CT molecular complexity index is 6810. The zero-order valence-electron chi connectivity index (χ0n) is 68.4. The van der Waals surface area contributed by atoms with Crippen molar-refractivity contribution in [2.75, 3.05) is 60.4 Å². The highest BCUT2D eigenvalue weighted by molar-refractivity contribution is 6.13. The van der Waals surface area contributed by atoms with Gasteiger partial charge in [-0.25, -0.2) is 33.9 Å². The van der Waals surface area contributed by atoms with Crippen molar-refractivity contribution in [3.63, 3.8) is 0 Å². The van der Waals surface area contributed by atoms with Gasteiger partial charge >= 0.3 is 30.1 Å². The molecule has 4 saturated heterocycles. The molecule has 0 radical (unpaired) electrons. The normalized spacial score (nSPS) is 19.7. The number of nitrogens with two attached hydrogens (primary N) is 1. The van der Waals surface area contributed by atoms with E-state index in [0.717, 1.165) is 44.6 Å². The lowest BCUT2D eigenvalue weighted by molar-refractivity contribution is -0.123. The van der Waals surface area contributed by atoms with E-state index in [1.165, 1.54) is 48.0 Å². The molecule has 20 rings (SSSR count). The molecule has 37 nitrogen and oxygen atoms in total. The predicted octanol–water partition coefficient (Wildman–Crippen LogP) is 4.38. The number of aromatic nitrogens is 6. The summed E-state index contributed by atoms with van der Waals surface area (Å²) >= 11 is 0. The van der Waals surface area contributed by atoms with E-state index in [2.05, 4.69) is 120 Å². The summed E-state index contributed by atoms with van der Waals surface area (Å²) in [5, 5.41) is 19.3. The SMILES string of the molecule is COc1ccc2c(c1)C(=O)N(C[C@@]1(C#Cc3ccc4c(c3)COC4=O)NC(=O)NC1=O)C2.COc1ccc2c(c1)C(=O)N(C[C@@]1(C#Cc3ccc4nc(C)[nH]c4c3)NC(=O)NC1=O)C2.COc1ccc2c(c1)C(=O)N(C[C@@]1(C#Cc3ccc4nc(N)[nH]c4c3)NC(=O)NC1=O)C2.COc1ccc2c(c1)C(=O)N(C[C@@]1(C#Cc3ccc4nccnc4c3)NC(=O)NC1=O)C2. The summed E-state index contributed by atoms with van der Waals surface area (Å²) in [5.74, 6) is 22.8. The Kier molecular flexibility index (Phi) is 21.3. The second-order valence-corrected chi connectivity index (χ2v) is 30.6. The summed E-state index contributed by atoms with van der Waals surface area (Å²) in [6, 6.07) is 39.3. The maximum absolute atomic E-state index is 13.0. The summed E-state index contributed by atoms with van der Waals surface area (Å²) in [5.41, 5.74) is 12.6. The van der Waals surface area contributed by atoms with Crippen molar-refractivity contribution in [1.29, 1.82) is 0 Å². The van der Waals surface area contributed by atoms with Crippen molar-refractivity contribution in [2.24, 2.45) is 0 Å². The number of carbonyl (C=O) groups excluding carboxylic acids is 13. The summed E-state index contributed by atoms with van der Waals surface area (Å²) in [6.07, 6.45) is 3.18. The first-order valence-corrected chi connectivity index (χ1v) is 39.3. The fraction of sp³-hybridized carbons (Fsp3) is 0.198. The molecule has 0 bridgehead atoms. The summed E-state index contributed by atoms with van der Waals surface area (Å²) in [6.45, 7) is 2.80. The van der Waals surface area contributed by atoms with Gasteiger partial charge in [0.25, 0.3) is 47.3 Å². The number of hydrogen-bond donors (Lipinski definition) is 11. The van der Waals surface area contributed by atoms with Gasteiger partial charge in [-0.2, -0.15) is 0 Å². The fourth-order valence-electron chi connectivity index (χ4n) is 15.7. The molecule has 12 heterocycles. The smallest absolute Gasteiger partial charge is 0.338 e. The van der Waals surface area contributed by atoms with Crippen molar-refractivity contribution in [1.82, 2.24) is 92.0 Å². The Labute approximate surface area is 725 Å². The number of benzene rings is 8. The number of amides is 16. The van der Waals surface area contributed by atoms with E-state index in [1.54, 1.807) is 128 Å². The molecule has 4 atom stereocenters. The van der Waals surface area contributed by atoms with Crippen LogP contribution in [0.2, 0.25) is 0 Å². The minimum atomic E-state index is -1.61. The molecule has 0 aliphatic carbocycles. The zero-order valence-corrected chi connectivity index (χ0v) is 68.4. The molecule has 3 aromatic heterocycles. The molecule has 16 amide bonds. The molecule has 9 aliphatic rings. The number of rotatable bonds is 12. The third kappa shape index (κ3) is 16.1. The topological polar surface area (TPSA) is 486 Å². The van der Waals surface area contributed by atoms with Gasteiger partial charge in [-0.1, -0.05) is 71.6 Å². The van der Waals surface area contributed by atoms with E-state index >= 15 is 0 Å². The maximum atomic E-state index is 13.0. The van der Waals surface area contributed by atoms with Gasteiger partial charge in [-0.15, -0.1) is 0 Å². The van der Waals surface area contributed by atoms with Gasteiger partial charge in [-0.3, -0.25) is 69.6 Å². The highest BCUT2D eigenvalue weighted by Gasteiger charge is 2.53. The van der Waals surface area contributed by atoms with E-state index < -0.39 is 69.9 Å². The largest absolute Gasteiger partial charge is 0.497 e. The number of anilines is 1. The van der Waals surface area contributed by atoms with Gasteiger partial charge in [0.05, 0.1) is 93.3 Å². The number of imide groups is 4. The third-order valence-electron chi connectivity index (χ3n) is 22.2. The van der Waals surface area contributed by atoms with Gasteiger partial charge in [0.1, 0.15) is 35.4 Å². The molecule has 0 saturated carbocycles. The Morgan fingerprint density at radius 1 is 0.367 bits per heavy atom. The lowest BCUT2D eigenvalue weighted by Crippen LogP contribution is -2.54. The Hall–Kier alpha value is -17.6. The van der Waals surface area contributed by atoms with Gasteiger partial charge in [0.15, 0.2) is 5.95 Å². The standard InChI is InChI=1S/C23H19N5O4.C23H17N5O4.C23H17N3O6.C22H18N6O4/c1-13-24-18-6-3-14(9-19(18)25-13)7-8-23(21(30)26-22(31)27-23)12-28-11-15-4-5-16(32-2)10-17(15)20(28)29;1-32-16-4-3-15-12-28(20(29)17(15)11-16)13-23(21(30)26-22(31)27-23)7-6-14-2-5-18-19(10-14)25-9-8-24-18;1-31-16-4-3-14-10-26(19(27)18(14)9-16)12-23(21(29)24-22(30)25-23)7-6-13-2-5-17-15(8-13)11-32-20(17)28;1-32-14-4-3-13-10-28(18(29)15(13)9-14)11-22(19(30)26-21(31)27-22)7-6-12-2-5-16-17(8-12)25-20(23)24-16/h3-6,9-10H,11-12H2,1-2H3,(H,24,25)(H2,26,27,30,31);2-5,8-11H,12-13H2,1H3,(H2,26,27,30,31);2-5,8-9H,10-12H2,1H3,(H2,24,25,29,30);2-5,8-9H,10-11H2,1H3,(H3,23,24,25)(H2,26,27,30,31)/t3*23-;22-/m1111/s1.